The van der Waals surface area contributed by atoms with Crippen LogP contribution in [-0.2, 0) is 9.53 Å². The molecule has 0 aromatic heterocycles. The molecule has 1 aliphatic carbocycles. The standard InChI is InChI=1S/C12H12Cl2N2O3/c1-19-11(18)16-8-4-2-7(3-5-8)15-10(17)9-6-12(9,13)14/h2-5,9H,6H2,1H3,(H,15,17)(H,16,18). The molecule has 1 fully saturated rings. The highest BCUT2D eigenvalue weighted by Gasteiger charge is 2.56. The molecule has 1 aromatic carbocycles. The summed E-state index contributed by atoms with van der Waals surface area (Å²) < 4.78 is 3.53. The summed E-state index contributed by atoms with van der Waals surface area (Å²) in [6, 6.07) is 6.62. The predicted molar refractivity (Wildman–Crippen MR) is 73.6 cm³/mol. The fraction of sp³-hybridized carbons (Fsp3) is 0.333. The van der Waals surface area contributed by atoms with Crippen LogP contribution >= 0.6 is 23.2 Å². The van der Waals surface area contributed by atoms with Gasteiger partial charge in [-0.15, -0.1) is 23.2 Å². The lowest BCUT2D eigenvalue weighted by Crippen LogP contribution is -2.17. The molecular formula is C12H12Cl2N2O3. The second-order valence-electron chi connectivity index (χ2n) is 4.20. The van der Waals surface area contributed by atoms with Crippen molar-refractivity contribution in [1.82, 2.24) is 0 Å². The van der Waals surface area contributed by atoms with Crippen LogP contribution in [0, 0.1) is 5.92 Å². The number of halogens is 2. The first-order chi connectivity index (χ1) is 8.92. The van der Waals surface area contributed by atoms with Crippen LogP contribution in [0.3, 0.4) is 0 Å². The number of rotatable bonds is 3. The van der Waals surface area contributed by atoms with Crippen LogP contribution in [0.1, 0.15) is 6.42 Å². The normalized spacial score (nSPS) is 19.4. The highest BCUT2D eigenvalue weighted by molar-refractivity contribution is 6.52. The van der Waals surface area contributed by atoms with E-state index in [9.17, 15) is 9.59 Å². The van der Waals surface area contributed by atoms with Crippen molar-refractivity contribution >= 4 is 46.6 Å². The number of hydrogen-bond acceptors (Lipinski definition) is 3. The summed E-state index contributed by atoms with van der Waals surface area (Å²) >= 11 is 11.6. The summed E-state index contributed by atoms with van der Waals surface area (Å²) in [7, 11) is 1.28. The van der Waals surface area contributed by atoms with Crippen molar-refractivity contribution in [2.24, 2.45) is 5.92 Å². The zero-order chi connectivity index (χ0) is 14.0. The molecule has 1 aliphatic rings. The molecule has 1 aromatic rings. The number of amides is 2. The lowest BCUT2D eigenvalue weighted by atomic mass is 10.2. The van der Waals surface area contributed by atoms with E-state index >= 15 is 0 Å². The summed E-state index contributed by atoms with van der Waals surface area (Å²) in [6.45, 7) is 0. The topological polar surface area (TPSA) is 67.4 Å². The molecule has 0 radical (unpaired) electrons. The Morgan fingerprint density at radius 2 is 1.68 bits per heavy atom. The summed E-state index contributed by atoms with van der Waals surface area (Å²) in [5.74, 6) is -0.581. The second kappa shape index (κ2) is 5.27. The lowest BCUT2D eigenvalue weighted by molar-refractivity contribution is -0.117. The molecule has 19 heavy (non-hydrogen) atoms. The van der Waals surface area contributed by atoms with Crippen molar-refractivity contribution < 1.29 is 14.3 Å². The Kier molecular flexibility index (Phi) is 3.87. The SMILES string of the molecule is COC(=O)Nc1ccc(NC(=O)C2CC2(Cl)Cl)cc1. The number of carbonyl (C=O) groups is 2. The van der Waals surface area contributed by atoms with Gasteiger partial charge in [-0.2, -0.15) is 0 Å². The zero-order valence-corrected chi connectivity index (χ0v) is 11.6. The number of hydrogen-bond donors (Lipinski definition) is 2. The van der Waals surface area contributed by atoms with Crippen LogP contribution in [0.4, 0.5) is 16.2 Å². The van der Waals surface area contributed by atoms with Crippen molar-refractivity contribution in [3.63, 3.8) is 0 Å². The fourth-order valence-electron chi connectivity index (χ4n) is 1.53. The summed E-state index contributed by atoms with van der Waals surface area (Å²) in [5.41, 5.74) is 1.18. The number of nitrogens with one attached hydrogen (secondary N) is 2. The molecule has 0 heterocycles. The number of ether oxygens (including phenoxy) is 1. The van der Waals surface area contributed by atoms with Gasteiger partial charge in [0.15, 0.2) is 0 Å². The van der Waals surface area contributed by atoms with E-state index in [4.69, 9.17) is 23.2 Å². The minimum atomic E-state index is -0.934. The molecule has 1 unspecified atom stereocenters. The third-order valence-corrected chi connectivity index (χ3v) is 3.56. The van der Waals surface area contributed by atoms with Gasteiger partial charge in [-0.3, -0.25) is 10.1 Å². The molecule has 1 saturated carbocycles. The third-order valence-electron chi connectivity index (χ3n) is 2.73. The van der Waals surface area contributed by atoms with Gasteiger partial charge in [-0.1, -0.05) is 0 Å². The highest BCUT2D eigenvalue weighted by Crippen LogP contribution is 2.53. The fourth-order valence-corrected chi connectivity index (χ4v) is 2.04. The Labute approximate surface area is 120 Å². The minimum absolute atomic E-state index is 0.210. The van der Waals surface area contributed by atoms with Gasteiger partial charge in [-0.05, 0) is 30.7 Å². The molecule has 0 aliphatic heterocycles. The van der Waals surface area contributed by atoms with Gasteiger partial charge in [-0.25, -0.2) is 4.79 Å². The summed E-state index contributed by atoms with van der Waals surface area (Å²) in [4.78, 5) is 22.7. The van der Waals surface area contributed by atoms with Gasteiger partial charge < -0.3 is 10.1 Å². The van der Waals surface area contributed by atoms with E-state index in [0.717, 1.165) is 0 Å². The van der Waals surface area contributed by atoms with Crippen molar-refractivity contribution in [3.05, 3.63) is 24.3 Å². The van der Waals surface area contributed by atoms with Crippen molar-refractivity contribution in [1.29, 1.82) is 0 Å². The maximum absolute atomic E-state index is 11.7. The van der Waals surface area contributed by atoms with Gasteiger partial charge >= 0.3 is 6.09 Å². The molecule has 0 saturated heterocycles. The van der Waals surface area contributed by atoms with Gasteiger partial charge in [0.25, 0.3) is 0 Å². The molecule has 1 atom stereocenters. The van der Waals surface area contributed by atoms with E-state index in [1.807, 2.05) is 0 Å². The molecule has 2 N–H and O–H groups in total. The summed E-state index contributed by atoms with van der Waals surface area (Å²) in [6.07, 6.45) is -0.0898. The van der Waals surface area contributed by atoms with Gasteiger partial charge in [0.05, 0.1) is 13.0 Å². The summed E-state index contributed by atoms with van der Waals surface area (Å²) in [5, 5.41) is 5.21. The smallest absolute Gasteiger partial charge is 0.411 e. The first-order valence-corrected chi connectivity index (χ1v) is 6.32. The van der Waals surface area contributed by atoms with Crippen LogP contribution < -0.4 is 10.6 Å². The molecule has 2 rings (SSSR count). The van der Waals surface area contributed by atoms with Crippen LogP contribution in [-0.4, -0.2) is 23.4 Å². The number of anilines is 2. The van der Waals surface area contributed by atoms with E-state index in [1.54, 1.807) is 24.3 Å². The lowest BCUT2D eigenvalue weighted by Gasteiger charge is -2.07. The Hall–Kier alpha value is -1.46. The Morgan fingerprint density at radius 1 is 1.21 bits per heavy atom. The number of carbonyl (C=O) groups excluding carboxylic acids is 2. The van der Waals surface area contributed by atoms with E-state index in [0.29, 0.717) is 17.8 Å². The second-order valence-corrected chi connectivity index (χ2v) is 5.74. The van der Waals surface area contributed by atoms with E-state index in [-0.39, 0.29) is 11.8 Å². The monoisotopic (exact) mass is 302 g/mol. The third kappa shape index (κ3) is 3.52. The van der Waals surface area contributed by atoms with Crippen molar-refractivity contribution in [2.45, 2.75) is 10.8 Å². The van der Waals surface area contributed by atoms with Gasteiger partial charge in [0.2, 0.25) is 5.91 Å². The Balaban J connectivity index is 1.92. The Bertz CT molecular complexity index is 502. The average Bonchev–Trinajstić information content (AvgIpc) is 3.01. The van der Waals surface area contributed by atoms with Crippen molar-refractivity contribution in [3.8, 4) is 0 Å². The molecule has 0 bridgehead atoms. The van der Waals surface area contributed by atoms with Gasteiger partial charge in [0.1, 0.15) is 4.33 Å². The largest absolute Gasteiger partial charge is 0.453 e. The van der Waals surface area contributed by atoms with Gasteiger partial charge in [0, 0.05) is 11.4 Å². The highest BCUT2D eigenvalue weighted by atomic mass is 35.5. The van der Waals surface area contributed by atoms with E-state index in [2.05, 4.69) is 15.4 Å². The quantitative estimate of drug-likeness (QED) is 0.844. The maximum atomic E-state index is 11.7. The first kappa shape index (κ1) is 14.0. The first-order valence-electron chi connectivity index (χ1n) is 5.56. The molecular weight excluding hydrogens is 291 g/mol. The number of methoxy groups -OCH3 is 1. The zero-order valence-electron chi connectivity index (χ0n) is 10.1. The molecule has 2 amide bonds. The molecule has 0 spiro atoms. The predicted octanol–water partition coefficient (Wildman–Crippen LogP) is 3.00. The van der Waals surface area contributed by atoms with E-state index in [1.165, 1.54) is 7.11 Å². The maximum Gasteiger partial charge on any atom is 0.411 e. The Morgan fingerprint density at radius 3 is 2.11 bits per heavy atom. The number of alkyl halides is 2. The average molecular weight is 303 g/mol. The minimum Gasteiger partial charge on any atom is -0.453 e. The molecule has 102 valence electrons. The van der Waals surface area contributed by atoms with Crippen LogP contribution in [0.2, 0.25) is 0 Å². The molecule has 5 nitrogen and oxygen atoms in total. The van der Waals surface area contributed by atoms with Crippen LogP contribution in [0.5, 0.6) is 0 Å². The van der Waals surface area contributed by atoms with E-state index < -0.39 is 10.4 Å². The van der Waals surface area contributed by atoms with Crippen LogP contribution in [0.25, 0.3) is 0 Å². The number of benzene rings is 1. The molecule has 7 heteroatoms. The van der Waals surface area contributed by atoms with Crippen LogP contribution in [0.15, 0.2) is 24.3 Å². The van der Waals surface area contributed by atoms with Crippen molar-refractivity contribution in [2.75, 3.05) is 17.7 Å².